The van der Waals surface area contributed by atoms with Gasteiger partial charge in [-0.3, -0.25) is 0 Å². The standard InChI is InChI=1S/C13H23NO2S/c1-2-12(17-7-1)9-14-11-3-5-16-13(8-11)4-6-15-10-13/h11-12,14H,1-10H2. The van der Waals surface area contributed by atoms with Gasteiger partial charge >= 0.3 is 0 Å². The smallest absolute Gasteiger partial charge is 0.0951 e. The number of ether oxygens (including phenoxy) is 2. The van der Waals surface area contributed by atoms with E-state index in [4.69, 9.17) is 9.47 Å². The van der Waals surface area contributed by atoms with Crippen LogP contribution in [0.5, 0.6) is 0 Å². The minimum Gasteiger partial charge on any atom is -0.378 e. The highest BCUT2D eigenvalue weighted by Gasteiger charge is 2.40. The summed E-state index contributed by atoms with van der Waals surface area (Å²) < 4.78 is 11.5. The molecule has 0 aromatic heterocycles. The third kappa shape index (κ3) is 2.98. The first kappa shape index (κ1) is 12.3. The summed E-state index contributed by atoms with van der Waals surface area (Å²) in [5.41, 5.74) is 0.0543. The Bertz CT molecular complexity index is 250. The largest absolute Gasteiger partial charge is 0.378 e. The van der Waals surface area contributed by atoms with Crippen LogP contribution in [-0.4, -0.2) is 49.0 Å². The van der Waals surface area contributed by atoms with E-state index >= 15 is 0 Å². The van der Waals surface area contributed by atoms with E-state index in [9.17, 15) is 0 Å². The Labute approximate surface area is 108 Å². The van der Waals surface area contributed by atoms with E-state index in [1.165, 1.54) is 31.6 Å². The fraction of sp³-hybridized carbons (Fsp3) is 1.00. The minimum atomic E-state index is 0.0543. The van der Waals surface area contributed by atoms with Crippen molar-refractivity contribution in [1.29, 1.82) is 0 Å². The second-order valence-electron chi connectivity index (χ2n) is 5.57. The van der Waals surface area contributed by atoms with Crippen LogP contribution in [0.2, 0.25) is 0 Å². The van der Waals surface area contributed by atoms with Crippen LogP contribution in [0.3, 0.4) is 0 Å². The van der Waals surface area contributed by atoms with Crippen molar-refractivity contribution in [3.8, 4) is 0 Å². The number of hydrogen-bond donors (Lipinski definition) is 1. The fourth-order valence-corrected chi connectivity index (χ4v) is 4.38. The maximum absolute atomic E-state index is 5.96. The molecule has 3 rings (SSSR count). The lowest BCUT2D eigenvalue weighted by molar-refractivity contribution is -0.0892. The van der Waals surface area contributed by atoms with Gasteiger partial charge in [0.2, 0.25) is 0 Å². The van der Waals surface area contributed by atoms with Crippen LogP contribution in [0.15, 0.2) is 0 Å². The van der Waals surface area contributed by atoms with Crippen LogP contribution in [0.1, 0.15) is 32.1 Å². The zero-order valence-corrected chi connectivity index (χ0v) is 11.3. The fourth-order valence-electron chi connectivity index (χ4n) is 3.17. The van der Waals surface area contributed by atoms with E-state index in [2.05, 4.69) is 17.1 Å². The predicted octanol–water partition coefficient (Wildman–Crippen LogP) is 1.81. The normalized spacial score (nSPS) is 42.4. The predicted molar refractivity (Wildman–Crippen MR) is 70.6 cm³/mol. The monoisotopic (exact) mass is 257 g/mol. The molecule has 3 saturated heterocycles. The van der Waals surface area contributed by atoms with Crippen LogP contribution in [-0.2, 0) is 9.47 Å². The van der Waals surface area contributed by atoms with Crippen LogP contribution >= 0.6 is 11.8 Å². The first-order chi connectivity index (χ1) is 8.36. The molecule has 17 heavy (non-hydrogen) atoms. The van der Waals surface area contributed by atoms with Crippen molar-refractivity contribution in [2.75, 3.05) is 32.1 Å². The van der Waals surface area contributed by atoms with Gasteiger partial charge < -0.3 is 14.8 Å². The van der Waals surface area contributed by atoms with Gasteiger partial charge in [0.1, 0.15) is 0 Å². The van der Waals surface area contributed by atoms with Crippen molar-refractivity contribution in [3.05, 3.63) is 0 Å². The van der Waals surface area contributed by atoms with E-state index in [0.717, 1.165) is 37.9 Å². The zero-order chi connectivity index (χ0) is 11.6. The summed E-state index contributed by atoms with van der Waals surface area (Å²) in [6.07, 6.45) is 6.20. The summed E-state index contributed by atoms with van der Waals surface area (Å²) in [5, 5.41) is 4.61. The third-order valence-electron chi connectivity index (χ3n) is 4.22. The van der Waals surface area contributed by atoms with Gasteiger partial charge in [-0.05, 0) is 31.4 Å². The third-order valence-corrected chi connectivity index (χ3v) is 5.62. The van der Waals surface area contributed by atoms with Gasteiger partial charge in [-0.15, -0.1) is 0 Å². The van der Waals surface area contributed by atoms with Crippen molar-refractivity contribution < 1.29 is 9.47 Å². The summed E-state index contributed by atoms with van der Waals surface area (Å²) in [5.74, 6) is 1.36. The highest BCUT2D eigenvalue weighted by atomic mass is 32.2. The van der Waals surface area contributed by atoms with Gasteiger partial charge in [0.05, 0.1) is 12.2 Å². The average molecular weight is 257 g/mol. The molecule has 3 aliphatic heterocycles. The molecule has 3 fully saturated rings. The molecule has 0 aliphatic carbocycles. The summed E-state index contributed by atoms with van der Waals surface area (Å²) in [4.78, 5) is 0. The van der Waals surface area contributed by atoms with E-state index in [1.54, 1.807) is 0 Å². The zero-order valence-electron chi connectivity index (χ0n) is 10.5. The first-order valence-corrected chi connectivity index (χ1v) is 7.98. The molecule has 1 spiro atoms. The molecule has 3 heterocycles. The molecule has 3 aliphatic rings. The van der Waals surface area contributed by atoms with Gasteiger partial charge in [0, 0.05) is 37.5 Å². The molecule has 1 N–H and O–H groups in total. The SMILES string of the molecule is C1CSC(CNC2CCOC3(CCOC3)C2)C1. The first-order valence-electron chi connectivity index (χ1n) is 6.93. The van der Waals surface area contributed by atoms with Gasteiger partial charge in [0.25, 0.3) is 0 Å². The second kappa shape index (κ2) is 5.47. The van der Waals surface area contributed by atoms with Gasteiger partial charge in [-0.2, -0.15) is 11.8 Å². The van der Waals surface area contributed by atoms with Crippen LogP contribution < -0.4 is 5.32 Å². The average Bonchev–Trinajstić information content (AvgIpc) is 2.99. The van der Waals surface area contributed by atoms with Crippen LogP contribution in [0.4, 0.5) is 0 Å². The Morgan fingerprint density at radius 3 is 3.06 bits per heavy atom. The molecule has 4 heteroatoms. The van der Waals surface area contributed by atoms with E-state index in [1.807, 2.05) is 0 Å². The van der Waals surface area contributed by atoms with E-state index < -0.39 is 0 Å². The number of hydrogen-bond acceptors (Lipinski definition) is 4. The molecule has 0 amide bonds. The molecule has 3 unspecified atom stereocenters. The Morgan fingerprint density at radius 2 is 2.29 bits per heavy atom. The van der Waals surface area contributed by atoms with Gasteiger partial charge in [0.15, 0.2) is 0 Å². The molecule has 0 aromatic carbocycles. The Kier molecular flexibility index (Phi) is 3.95. The summed E-state index contributed by atoms with van der Waals surface area (Å²) in [7, 11) is 0. The molecule has 3 nitrogen and oxygen atoms in total. The van der Waals surface area contributed by atoms with Gasteiger partial charge in [-0.25, -0.2) is 0 Å². The Balaban J connectivity index is 1.46. The maximum Gasteiger partial charge on any atom is 0.0951 e. The van der Waals surface area contributed by atoms with Crippen molar-refractivity contribution in [2.24, 2.45) is 0 Å². The summed E-state index contributed by atoms with van der Waals surface area (Å²) >= 11 is 2.14. The lowest BCUT2D eigenvalue weighted by Crippen LogP contribution is -2.48. The Hall–Kier alpha value is 0.230. The lowest BCUT2D eigenvalue weighted by atomic mass is 9.89. The molecular formula is C13H23NO2S. The second-order valence-corrected chi connectivity index (χ2v) is 6.98. The number of nitrogens with one attached hydrogen (secondary N) is 1. The number of rotatable bonds is 3. The van der Waals surface area contributed by atoms with Gasteiger partial charge in [-0.1, -0.05) is 0 Å². The highest BCUT2D eigenvalue weighted by molar-refractivity contribution is 8.00. The molecule has 3 atom stereocenters. The molecule has 0 saturated carbocycles. The maximum atomic E-state index is 5.96. The molecule has 0 bridgehead atoms. The van der Waals surface area contributed by atoms with E-state index in [0.29, 0.717) is 6.04 Å². The molecular weight excluding hydrogens is 234 g/mol. The van der Waals surface area contributed by atoms with E-state index in [-0.39, 0.29) is 5.60 Å². The quantitative estimate of drug-likeness (QED) is 0.835. The van der Waals surface area contributed by atoms with Crippen molar-refractivity contribution in [3.63, 3.8) is 0 Å². The number of thioether (sulfide) groups is 1. The summed E-state index contributed by atoms with van der Waals surface area (Å²) in [6, 6.07) is 0.645. The molecule has 0 radical (unpaired) electrons. The highest BCUT2D eigenvalue weighted by Crippen LogP contribution is 2.33. The summed E-state index contributed by atoms with van der Waals surface area (Å²) in [6.45, 7) is 3.78. The topological polar surface area (TPSA) is 30.5 Å². The molecule has 98 valence electrons. The van der Waals surface area contributed by atoms with Crippen molar-refractivity contribution in [1.82, 2.24) is 5.32 Å². The minimum absolute atomic E-state index is 0.0543. The van der Waals surface area contributed by atoms with Crippen molar-refractivity contribution >= 4 is 11.8 Å². The Morgan fingerprint density at radius 1 is 1.29 bits per heavy atom. The van der Waals surface area contributed by atoms with Crippen LogP contribution in [0, 0.1) is 0 Å². The molecule has 0 aromatic rings. The lowest BCUT2D eigenvalue weighted by Gasteiger charge is -2.37. The van der Waals surface area contributed by atoms with Crippen molar-refractivity contribution in [2.45, 2.75) is 49.0 Å². The van der Waals surface area contributed by atoms with Crippen LogP contribution in [0.25, 0.3) is 0 Å².